The number of benzene rings is 1. The largest absolute Gasteiger partial charge is 0.497 e. The van der Waals surface area contributed by atoms with Crippen LogP contribution in [-0.2, 0) is 6.42 Å². The summed E-state index contributed by atoms with van der Waals surface area (Å²) in [5.74, 6) is 0.803. The number of nitrogens with zero attached hydrogens (tertiary/aromatic N) is 2. The number of methoxy groups -OCH3 is 1. The van der Waals surface area contributed by atoms with Crippen LogP contribution < -0.4 is 10.1 Å². The molecule has 0 saturated heterocycles. The van der Waals surface area contributed by atoms with Crippen molar-refractivity contribution in [3.8, 4) is 5.75 Å². The van der Waals surface area contributed by atoms with E-state index < -0.39 is 5.95 Å². The zero-order valence-corrected chi connectivity index (χ0v) is 10.1. The Morgan fingerprint density at radius 3 is 2.67 bits per heavy atom. The Kier molecular flexibility index (Phi) is 4.06. The van der Waals surface area contributed by atoms with Crippen molar-refractivity contribution in [3.63, 3.8) is 0 Å². The average molecular weight is 247 g/mol. The number of hydrogen-bond donors (Lipinski definition) is 1. The van der Waals surface area contributed by atoms with E-state index in [1.165, 1.54) is 18.0 Å². The second kappa shape index (κ2) is 5.95. The Labute approximate surface area is 105 Å². The number of ether oxygens (including phenoxy) is 1. The summed E-state index contributed by atoms with van der Waals surface area (Å²) in [7, 11) is 1.64. The average Bonchev–Trinajstić information content (AvgIpc) is 2.40. The molecule has 0 amide bonds. The second-order valence-electron chi connectivity index (χ2n) is 3.75. The van der Waals surface area contributed by atoms with Gasteiger partial charge < -0.3 is 10.1 Å². The van der Waals surface area contributed by atoms with Crippen molar-refractivity contribution in [2.75, 3.05) is 19.0 Å². The Bertz CT molecular complexity index is 502. The summed E-state index contributed by atoms with van der Waals surface area (Å²) in [6.07, 6.45) is 2.03. The fourth-order valence-electron chi connectivity index (χ4n) is 1.56. The molecule has 0 aliphatic heterocycles. The lowest BCUT2D eigenvalue weighted by Gasteiger charge is -2.06. The normalized spacial score (nSPS) is 10.1. The maximum atomic E-state index is 12.8. The van der Waals surface area contributed by atoms with Crippen molar-refractivity contribution in [3.05, 3.63) is 48.2 Å². The minimum absolute atomic E-state index is 0.496. The first-order valence-electron chi connectivity index (χ1n) is 5.62. The van der Waals surface area contributed by atoms with Gasteiger partial charge in [-0.25, -0.2) is 9.97 Å². The summed E-state index contributed by atoms with van der Waals surface area (Å²) in [5, 5.41) is 3.04. The van der Waals surface area contributed by atoms with Crippen molar-refractivity contribution in [2.24, 2.45) is 0 Å². The van der Waals surface area contributed by atoms with E-state index in [4.69, 9.17) is 4.74 Å². The van der Waals surface area contributed by atoms with E-state index >= 15 is 0 Å². The van der Waals surface area contributed by atoms with Crippen molar-refractivity contribution < 1.29 is 9.13 Å². The molecular formula is C13H14FN3O. The number of halogens is 1. The first-order valence-corrected chi connectivity index (χ1v) is 5.62. The molecule has 1 heterocycles. The van der Waals surface area contributed by atoms with Crippen molar-refractivity contribution in [2.45, 2.75) is 6.42 Å². The van der Waals surface area contributed by atoms with Crippen LogP contribution in [0.1, 0.15) is 5.56 Å². The summed E-state index contributed by atoms with van der Waals surface area (Å²) < 4.78 is 17.9. The van der Waals surface area contributed by atoms with Gasteiger partial charge in [-0.05, 0) is 24.1 Å². The van der Waals surface area contributed by atoms with Gasteiger partial charge in [0, 0.05) is 12.6 Å². The predicted octanol–water partition coefficient (Wildman–Crippen LogP) is 2.28. The maximum Gasteiger partial charge on any atom is 0.217 e. The maximum absolute atomic E-state index is 12.8. The molecule has 0 atom stereocenters. The van der Waals surface area contributed by atoms with E-state index in [1.54, 1.807) is 7.11 Å². The Balaban J connectivity index is 1.84. The zero-order chi connectivity index (χ0) is 12.8. The quantitative estimate of drug-likeness (QED) is 0.823. The van der Waals surface area contributed by atoms with Crippen LogP contribution in [0.25, 0.3) is 0 Å². The van der Waals surface area contributed by atoms with Gasteiger partial charge in [-0.3, -0.25) is 0 Å². The molecule has 0 spiro atoms. The Morgan fingerprint density at radius 2 is 2.00 bits per heavy atom. The van der Waals surface area contributed by atoms with Gasteiger partial charge in [-0.15, -0.1) is 0 Å². The molecule has 0 unspecified atom stereocenters. The lowest BCUT2D eigenvalue weighted by Crippen LogP contribution is -2.06. The summed E-state index contributed by atoms with van der Waals surface area (Å²) in [6, 6.07) is 9.11. The molecule has 2 rings (SSSR count). The number of rotatable bonds is 5. The van der Waals surface area contributed by atoms with Crippen LogP contribution in [0.4, 0.5) is 10.2 Å². The SMILES string of the molecule is COc1ccc(CCNc2cc(F)ncn2)cc1. The fourth-order valence-corrected chi connectivity index (χ4v) is 1.56. The first kappa shape index (κ1) is 12.3. The highest BCUT2D eigenvalue weighted by atomic mass is 19.1. The smallest absolute Gasteiger partial charge is 0.217 e. The van der Waals surface area contributed by atoms with Gasteiger partial charge >= 0.3 is 0 Å². The number of hydrogen-bond acceptors (Lipinski definition) is 4. The van der Waals surface area contributed by atoms with Crippen LogP contribution >= 0.6 is 0 Å². The van der Waals surface area contributed by atoms with E-state index in [0.717, 1.165) is 12.2 Å². The third kappa shape index (κ3) is 3.41. The topological polar surface area (TPSA) is 47.0 Å². The van der Waals surface area contributed by atoms with E-state index in [9.17, 15) is 4.39 Å². The molecule has 0 fully saturated rings. The zero-order valence-electron chi connectivity index (χ0n) is 10.1. The van der Waals surface area contributed by atoms with E-state index in [1.807, 2.05) is 24.3 Å². The minimum Gasteiger partial charge on any atom is -0.497 e. The lowest BCUT2D eigenvalue weighted by molar-refractivity contribution is 0.414. The molecule has 1 N–H and O–H groups in total. The van der Waals surface area contributed by atoms with Crippen molar-refractivity contribution >= 4 is 5.82 Å². The minimum atomic E-state index is -0.531. The van der Waals surface area contributed by atoms with Crippen LogP contribution in [0.5, 0.6) is 5.75 Å². The third-order valence-electron chi connectivity index (χ3n) is 2.51. The standard InChI is InChI=1S/C13H14FN3O/c1-18-11-4-2-10(3-5-11)6-7-15-13-8-12(14)16-9-17-13/h2-5,8-9H,6-7H2,1H3,(H,15,16,17). The van der Waals surface area contributed by atoms with Gasteiger partial charge in [-0.1, -0.05) is 12.1 Å². The van der Waals surface area contributed by atoms with Crippen LogP contribution in [0.15, 0.2) is 36.7 Å². The first-order chi connectivity index (χ1) is 8.78. The van der Waals surface area contributed by atoms with Crippen molar-refractivity contribution in [1.29, 1.82) is 0 Å². The molecule has 2 aromatic rings. The number of nitrogens with one attached hydrogen (secondary N) is 1. The molecular weight excluding hydrogens is 233 g/mol. The summed E-state index contributed by atoms with van der Waals surface area (Å²) in [6.45, 7) is 0.683. The van der Waals surface area contributed by atoms with Crippen LogP contribution in [0.2, 0.25) is 0 Å². The molecule has 18 heavy (non-hydrogen) atoms. The van der Waals surface area contributed by atoms with E-state index in [2.05, 4.69) is 15.3 Å². The van der Waals surface area contributed by atoms with Gasteiger partial charge in [0.1, 0.15) is 17.9 Å². The fraction of sp³-hybridized carbons (Fsp3) is 0.231. The highest BCUT2D eigenvalue weighted by molar-refractivity contribution is 5.33. The number of aromatic nitrogens is 2. The molecule has 0 saturated carbocycles. The molecule has 1 aromatic heterocycles. The van der Waals surface area contributed by atoms with E-state index in [0.29, 0.717) is 12.4 Å². The summed E-state index contributed by atoms with van der Waals surface area (Å²) in [4.78, 5) is 7.31. The van der Waals surface area contributed by atoms with Gasteiger partial charge in [0.15, 0.2) is 0 Å². The molecule has 0 bridgehead atoms. The predicted molar refractivity (Wildman–Crippen MR) is 67.2 cm³/mol. The number of anilines is 1. The molecule has 1 aromatic carbocycles. The Morgan fingerprint density at radius 1 is 1.22 bits per heavy atom. The van der Waals surface area contributed by atoms with Crippen LogP contribution in [0, 0.1) is 5.95 Å². The monoisotopic (exact) mass is 247 g/mol. The summed E-state index contributed by atoms with van der Waals surface area (Å²) in [5.41, 5.74) is 1.18. The third-order valence-corrected chi connectivity index (χ3v) is 2.51. The van der Waals surface area contributed by atoms with Gasteiger partial charge in [0.2, 0.25) is 5.95 Å². The highest BCUT2D eigenvalue weighted by Crippen LogP contribution is 2.11. The molecule has 0 aliphatic carbocycles. The molecule has 4 nitrogen and oxygen atoms in total. The van der Waals surface area contributed by atoms with E-state index in [-0.39, 0.29) is 0 Å². The van der Waals surface area contributed by atoms with Gasteiger partial charge in [-0.2, -0.15) is 4.39 Å². The van der Waals surface area contributed by atoms with Crippen LogP contribution in [0.3, 0.4) is 0 Å². The molecule has 5 heteroatoms. The van der Waals surface area contributed by atoms with Gasteiger partial charge in [0.25, 0.3) is 0 Å². The lowest BCUT2D eigenvalue weighted by atomic mass is 10.1. The van der Waals surface area contributed by atoms with Crippen molar-refractivity contribution in [1.82, 2.24) is 9.97 Å². The van der Waals surface area contributed by atoms with Crippen LogP contribution in [-0.4, -0.2) is 23.6 Å². The van der Waals surface area contributed by atoms with Gasteiger partial charge in [0.05, 0.1) is 7.11 Å². The molecule has 0 radical (unpaired) electrons. The molecule has 0 aliphatic rings. The molecule has 94 valence electrons. The second-order valence-corrected chi connectivity index (χ2v) is 3.75. The summed E-state index contributed by atoms with van der Waals surface area (Å²) >= 11 is 0. The Hall–Kier alpha value is -2.17. The highest BCUT2D eigenvalue weighted by Gasteiger charge is 1.98.